The highest BCUT2D eigenvalue weighted by atomic mass is 31.2. The predicted octanol–water partition coefficient (Wildman–Crippen LogP) is 2.89. The van der Waals surface area contributed by atoms with Crippen molar-refractivity contribution in [1.29, 1.82) is 0 Å². The Morgan fingerprint density at radius 2 is 1.65 bits per heavy atom. The number of carbonyl (C=O) groups excluding carboxylic acids is 3. The third kappa shape index (κ3) is 10.9. The van der Waals surface area contributed by atoms with Crippen LogP contribution in [-0.2, 0) is 50.4 Å². The summed E-state index contributed by atoms with van der Waals surface area (Å²) in [6.45, 7) is 0.881. The van der Waals surface area contributed by atoms with Crippen LogP contribution >= 0.6 is 7.60 Å². The lowest BCUT2D eigenvalue weighted by Crippen LogP contribution is -2.34. The van der Waals surface area contributed by atoms with Crippen LogP contribution in [0.4, 0.5) is 5.82 Å². The molecule has 0 radical (unpaired) electrons. The maximum Gasteiger partial charge on any atom is 0.356 e. The molecule has 0 amide bonds. The Hall–Kier alpha value is -4.73. The number of rotatable bonds is 19. The summed E-state index contributed by atoms with van der Waals surface area (Å²) < 4.78 is 47.6. The number of anilines is 1. The van der Waals surface area contributed by atoms with Crippen molar-refractivity contribution < 1.29 is 46.9 Å². The minimum Gasteiger partial charge on any atom is -0.464 e. The van der Waals surface area contributed by atoms with Crippen molar-refractivity contribution in [2.75, 3.05) is 45.1 Å². The Labute approximate surface area is 276 Å². The molecule has 16 nitrogen and oxygen atoms in total. The van der Waals surface area contributed by atoms with E-state index in [0.29, 0.717) is 24.1 Å². The Morgan fingerprint density at radius 3 is 2.44 bits per heavy atom. The topological polar surface area (TPSA) is 219 Å². The number of fused-ring (bicyclic) bond motifs is 1. The van der Waals surface area contributed by atoms with Crippen LogP contribution < -0.4 is 16.2 Å². The van der Waals surface area contributed by atoms with Gasteiger partial charge in [-0.25, -0.2) is 19.7 Å². The summed E-state index contributed by atoms with van der Waals surface area (Å²) in [5, 5.41) is 0. The van der Waals surface area contributed by atoms with Gasteiger partial charge in [-0.05, 0) is 24.1 Å². The Morgan fingerprint density at radius 1 is 0.896 bits per heavy atom. The van der Waals surface area contributed by atoms with Crippen LogP contribution in [0.2, 0.25) is 0 Å². The molecule has 0 bridgehead atoms. The zero-order chi connectivity index (χ0) is 34.4. The number of esters is 3. The second-order valence-electron chi connectivity index (χ2n) is 10.2. The van der Waals surface area contributed by atoms with Crippen LogP contribution in [0, 0.1) is 0 Å². The molecular formula is C31H37N6O10P. The molecule has 2 atom stereocenters. The molecule has 4 rings (SSSR count). The van der Waals surface area contributed by atoms with E-state index in [0.717, 1.165) is 5.56 Å². The standard InChI is InChI=1S/C31H37N6O10P/c1-22(38)47-26-11-6-5-10-24(26)30(39)44-16-17-46-48(41,21-42-15-12-37-20-36-27-28(33)34-19-35-29(27)37)45-14-7-13-43-31(40)25(32)18-23-8-3-2-4-9-23/h2-6,8-11,19-20,25H,7,12-18,21,32H2,1H3,(H2,33,34,35)/t25-,48?/m1/s1. The van der Waals surface area contributed by atoms with Gasteiger partial charge in [-0.3, -0.25) is 14.2 Å². The molecule has 0 aliphatic carbocycles. The maximum atomic E-state index is 13.6. The first-order valence-electron chi connectivity index (χ1n) is 14.9. The summed E-state index contributed by atoms with van der Waals surface area (Å²) in [5.74, 6) is -1.66. The van der Waals surface area contributed by atoms with Crippen molar-refractivity contribution in [3.05, 3.63) is 78.4 Å². The Kier molecular flexibility index (Phi) is 13.5. The van der Waals surface area contributed by atoms with E-state index in [1.807, 2.05) is 30.3 Å². The van der Waals surface area contributed by atoms with Crippen molar-refractivity contribution in [3.63, 3.8) is 0 Å². The molecule has 17 heteroatoms. The molecule has 0 saturated carbocycles. The number of nitrogens with two attached hydrogens (primary N) is 2. The lowest BCUT2D eigenvalue weighted by molar-refractivity contribution is -0.145. The van der Waals surface area contributed by atoms with Gasteiger partial charge in [-0.2, -0.15) is 0 Å². The number of hydrogen-bond acceptors (Lipinski definition) is 15. The van der Waals surface area contributed by atoms with Crippen molar-refractivity contribution in [2.24, 2.45) is 5.73 Å². The minimum atomic E-state index is -3.89. The maximum absolute atomic E-state index is 13.6. The van der Waals surface area contributed by atoms with E-state index in [1.54, 1.807) is 16.7 Å². The second-order valence-corrected chi connectivity index (χ2v) is 12.2. The monoisotopic (exact) mass is 684 g/mol. The number of aromatic nitrogens is 4. The van der Waals surface area contributed by atoms with Crippen LogP contribution in [0.1, 0.15) is 29.3 Å². The largest absolute Gasteiger partial charge is 0.464 e. The van der Waals surface area contributed by atoms with Gasteiger partial charge in [0, 0.05) is 19.9 Å². The molecule has 1 unspecified atom stereocenters. The number of nitrogens with zero attached hydrogens (tertiary/aromatic N) is 4. The molecule has 4 N–H and O–H groups in total. The van der Waals surface area contributed by atoms with Crippen molar-refractivity contribution >= 4 is 42.5 Å². The highest BCUT2D eigenvalue weighted by molar-refractivity contribution is 7.53. The number of carbonyl (C=O) groups is 3. The summed E-state index contributed by atoms with van der Waals surface area (Å²) in [5.41, 5.74) is 13.7. The normalized spacial score (nSPS) is 13.0. The van der Waals surface area contributed by atoms with Gasteiger partial charge in [-0.1, -0.05) is 42.5 Å². The van der Waals surface area contributed by atoms with E-state index in [9.17, 15) is 18.9 Å². The molecule has 2 aromatic heterocycles. The summed E-state index contributed by atoms with van der Waals surface area (Å²) >= 11 is 0. The van der Waals surface area contributed by atoms with Gasteiger partial charge in [0.1, 0.15) is 42.2 Å². The fourth-order valence-electron chi connectivity index (χ4n) is 4.27. The molecule has 0 aliphatic heterocycles. The van der Waals surface area contributed by atoms with Crippen LogP contribution in [0.25, 0.3) is 11.2 Å². The number of para-hydroxylation sites is 1. The van der Waals surface area contributed by atoms with Crippen molar-refractivity contribution in [2.45, 2.75) is 32.4 Å². The van der Waals surface area contributed by atoms with Crippen LogP contribution in [0.3, 0.4) is 0 Å². The third-order valence-electron chi connectivity index (χ3n) is 6.54. The van der Waals surface area contributed by atoms with Gasteiger partial charge in [-0.15, -0.1) is 0 Å². The van der Waals surface area contributed by atoms with Gasteiger partial charge in [0.05, 0.1) is 32.8 Å². The predicted molar refractivity (Wildman–Crippen MR) is 172 cm³/mol. The molecule has 0 aliphatic rings. The van der Waals surface area contributed by atoms with Crippen molar-refractivity contribution in [3.8, 4) is 5.75 Å². The number of hydrogen-bond donors (Lipinski definition) is 2. The average Bonchev–Trinajstić information content (AvgIpc) is 3.49. The molecule has 2 aromatic carbocycles. The first-order valence-corrected chi connectivity index (χ1v) is 16.7. The van der Waals surface area contributed by atoms with E-state index < -0.39 is 37.9 Å². The van der Waals surface area contributed by atoms with E-state index in [1.165, 1.54) is 31.7 Å². The minimum absolute atomic E-state index is 0.0276. The third-order valence-corrected chi connectivity index (χ3v) is 8.19. The first kappa shape index (κ1) is 36.1. The molecule has 48 heavy (non-hydrogen) atoms. The van der Waals surface area contributed by atoms with E-state index in [4.69, 9.17) is 39.5 Å². The summed E-state index contributed by atoms with van der Waals surface area (Å²) in [6, 6.07) is 14.6. The molecular weight excluding hydrogens is 647 g/mol. The average molecular weight is 685 g/mol. The van der Waals surface area contributed by atoms with E-state index in [-0.39, 0.29) is 56.6 Å². The van der Waals surface area contributed by atoms with E-state index >= 15 is 0 Å². The van der Waals surface area contributed by atoms with Crippen molar-refractivity contribution in [1.82, 2.24) is 19.5 Å². The van der Waals surface area contributed by atoms with Crippen LogP contribution in [-0.4, -0.2) is 82.9 Å². The summed E-state index contributed by atoms with van der Waals surface area (Å²) in [4.78, 5) is 48.5. The number of nitrogen functional groups attached to an aromatic ring is 1. The summed E-state index contributed by atoms with van der Waals surface area (Å²) in [6.07, 6.45) is 2.95. The highest BCUT2D eigenvalue weighted by Gasteiger charge is 2.26. The zero-order valence-corrected chi connectivity index (χ0v) is 27.2. The molecule has 4 aromatic rings. The lowest BCUT2D eigenvalue weighted by atomic mass is 10.1. The second kappa shape index (κ2) is 18.0. The smallest absolute Gasteiger partial charge is 0.356 e. The fraction of sp³-hybridized carbons (Fsp3) is 0.355. The Balaban J connectivity index is 1.26. The van der Waals surface area contributed by atoms with Gasteiger partial charge in [0.25, 0.3) is 0 Å². The Bertz CT molecular complexity index is 1720. The van der Waals surface area contributed by atoms with Crippen LogP contribution in [0.15, 0.2) is 67.3 Å². The zero-order valence-electron chi connectivity index (χ0n) is 26.3. The van der Waals surface area contributed by atoms with Gasteiger partial charge >= 0.3 is 25.5 Å². The van der Waals surface area contributed by atoms with Gasteiger partial charge in [0.2, 0.25) is 0 Å². The van der Waals surface area contributed by atoms with Crippen LogP contribution in [0.5, 0.6) is 5.75 Å². The number of imidazole rings is 1. The number of ether oxygens (including phenoxy) is 4. The fourth-order valence-corrected chi connectivity index (χ4v) is 5.61. The lowest BCUT2D eigenvalue weighted by Gasteiger charge is -2.19. The molecule has 2 heterocycles. The molecule has 256 valence electrons. The SMILES string of the molecule is CC(=O)Oc1ccccc1C(=O)OCCOP(=O)(COCCn1cnc2c(N)ncnc21)OCCCOC(=O)[C@H](N)Cc1ccccc1. The highest BCUT2D eigenvalue weighted by Crippen LogP contribution is 2.48. The van der Waals surface area contributed by atoms with E-state index in [2.05, 4.69) is 15.0 Å². The molecule has 0 saturated heterocycles. The molecule has 0 fully saturated rings. The number of benzene rings is 2. The van der Waals surface area contributed by atoms with Gasteiger partial charge < -0.3 is 44.0 Å². The summed E-state index contributed by atoms with van der Waals surface area (Å²) in [7, 11) is -3.89. The quantitative estimate of drug-likeness (QED) is 0.0628. The molecule has 0 spiro atoms. The van der Waals surface area contributed by atoms with Gasteiger partial charge in [0.15, 0.2) is 11.5 Å². The first-order chi connectivity index (χ1) is 23.1.